The van der Waals surface area contributed by atoms with Crippen LogP contribution < -0.4 is 4.74 Å². The molecule has 0 fully saturated rings. The molecule has 0 amide bonds. The van der Waals surface area contributed by atoms with Crippen LogP contribution in [0, 0.1) is 23.0 Å². The Morgan fingerprint density at radius 1 is 0.865 bits per heavy atom. The summed E-state index contributed by atoms with van der Waals surface area (Å²) in [7, 11) is 0. The van der Waals surface area contributed by atoms with Crippen LogP contribution in [0.2, 0.25) is 0 Å². The van der Waals surface area contributed by atoms with Gasteiger partial charge in [-0.15, -0.1) is 0 Å². The van der Waals surface area contributed by atoms with Crippen molar-refractivity contribution in [2.75, 3.05) is 6.67 Å². The minimum absolute atomic E-state index is 0.0683. The number of hydrogen-bond acceptors (Lipinski definition) is 4. The molecule has 5 nitrogen and oxygen atoms in total. The van der Waals surface area contributed by atoms with Crippen LogP contribution in [0.25, 0.3) is 22.3 Å². The Bertz CT molecular complexity index is 1620. The van der Waals surface area contributed by atoms with Gasteiger partial charge in [0.1, 0.15) is 30.7 Å². The van der Waals surface area contributed by atoms with Crippen LogP contribution in [-0.2, 0) is 19.6 Å². The summed E-state index contributed by atoms with van der Waals surface area (Å²) in [5.74, 6) is -0.114. The number of nitriles is 1. The highest BCUT2D eigenvalue weighted by Crippen LogP contribution is 2.25. The quantitative estimate of drug-likeness (QED) is 0.249. The summed E-state index contributed by atoms with van der Waals surface area (Å²) in [6.07, 6.45) is 0.216. The lowest BCUT2D eigenvalue weighted by atomic mass is 10.1. The number of benzene rings is 3. The first-order valence-corrected chi connectivity index (χ1v) is 11.6. The van der Waals surface area contributed by atoms with Crippen molar-refractivity contribution in [2.45, 2.75) is 19.6 Å². The van der Waals surface area contributed by atoms with Gasteiger partial charge in [0.15, 0.2) is 0 Å². The lowest BCUT2D eigenvalue weighted by molar-refractivity contribution is 0.288. The van der Waals surface area contributed by atoms with Gasteiger partial charge in [-0.05, 0) is 42.0 Å². The largest absolute Gasteiger partial charge is 0.473 e. The monoisotopic (exact) mass is 498 g/mol. The van der Waals surface area contributed by atoms with Crippen molar-refractivity contribution >= 4 is 11.0 Å². The SMILES string of the molecule is N#Cc1ccc(COc2cccc(-c3ccc(Cc4nc5ccccc5n4CCF)c(F)c3)n2)c(F)c1. The molecular weight excluding hydrogens is 477 g/mol. The fourth-order valence-corrected chi connectivity index (χ4v) is 4.16. The van der Waals surface area contributed by atoms with Gasteiger partial charge in [0, 0.05) is 23.6 Å². The second kappa shape index (κ2) is 10.5. The highest BCUT2D eigenvalue weighted by atomic mass is 19.1. The second-order valence-electron chi connectivity index (χ2n) is 8.41. The number of para-hydroxylation sites is 2. The highest BCUT2D eigenvalue weighted by molar-refractivity contribution is 5.76. The lowest BCUT2D eigenvalue weighted by Gasteiger charge is -2.10. The maximum absolute atomic E-state index is 15.1. The molecule has 5 rings (SSSR count). The van der Waals surface area contributed by atoms with Gasteiger partial charge in [-0.2, -0.15) is 5.26 Å². The summed E-state index contributed by atoms with van der Waals surface area (Å²) in [4.78, 5) is 9.00. The Kier molecular flexibility index (Phi) is 6.86. The van der Waals surface area contributed by atoms with E-state index in [0.29, 0.717) is 28.2 Å². The summed E-state index contributed by atoms with van der Waals surface area (Å²) in [5.41, 5.74) is 3.55. The van der Waals surface area contributed by atoms with Gasteiger partial charge in [0.25, 0.3) is 0 Å². The normalized spacial score (nSPS) is 11.0. The summed E-state index contributed by atoms with van der Waals surface area (Å²) < 4.78 is 49.9. The molecule has 0 aliphatic heterocycles. The molecule has 2 heterocycles. The lowest BCUT2D eigenvalue weighted by Crippen LogP contribution is -2.07. The van der Waals surface area contributed by atoms with Crippen molar-refractivity contribution in [1.82, 2.24) is 14.5 Å². The van der Waals surface area contributed by atoms with Gasteiger partial charge in [-0.3, -0.25) is 0 Å². The van der Waals surface area contributed by atoms with E-state index in [1.807, 2.05) is 30.3 Å². The third kappa shape index (κ3) is 5.16. The van der Waals surface area contributed by atoms with Crippen molar-refractivity contribution in [3.63, 3.8) is 0 Å². The van der Waals surface area contributed by atoms with E-state index in [1.54, 1.807) is 34.9 Å². The molecule has 0 atom stereocenters. The molecule has 37 heavy (non-hydrogen) atoms. The van der Waals surface area contributed by atoms with Crippen molar-refractivity contribution in [3.8, 4) is 23.2 Å². The molecule has 8 heteroatoms. The average Bonchev–Trinajstić information content (AvgIpc) is 3.26. The van der Waals surface area contributed by atoms with Crippen molar-refractivity contribution in [1.29, 1.82) is 5.26 Å². The van der Waals surface area contributed by atoms with Crippen LogP contribution in [0.15, 0.2) is 78.9 Å². The number of fused-ring (bicyclic) bond motifs is 1. The van der Waals surface area contributed by atoms with E-state index in [-0.39, 0.29) is 31.0 Å². The number of alkyl halides is 1. The third-order valence-electron chi connectivity index (χ3n) is 6.02. The van der Waals surface area contributed by atoms with Crippen LogP contribution in [0.1, 0.15) is 22.5 Å². The zero-order valence-electron chi connectivity index (χ0n) is 19.7. The first-order valence-electron chi connectivity index (χ1n) is 11.6. The van der Waals surface area contributed by atoms with E-state index in [1.165, 1.54) is 18.2 Å². The van der Waals surface area contributed by atoms with Gasteiger partial charge >= 0.3 is 0 Å². The van der Waals surface area contributed by atoms with E-state index in [4.69, 9.17) is 10.00 Å². The first kappa shape index (κ1) is 24.1. The molecule has 0 aliphatic carbocycles. The minimum Gasteiger partial charge on any atom is -0.473 e. The number of ether oxygens (including phenoxy) is 1. The molecule has 2 aromatic heterocycles. The van der Waals surface area contributed by atoms with E-state index >= 15 is 4.39 Å². The van der Waals surface area contributed by atoms with Gasteiger partial charge in [-0.25, -0.2) is 23.1 Å². The number of halogens is 3. The molecule has 184 valence electrons. The Labute approximate surface area is 211 Å². The Morgan fingerprint density at radius 2 is 1.68 bits per heavy atom. The number of nitrogens with zero attached hydrogens (tertiary/aromatic N) is 4. The molecule has 0 unspecified atom stereocenters. The fraction of sp³-hybridized carbons (Fsp3) is 0.138. The van der Waals surface area contributed by atoms with Crippen molar-refractivity contribution in [2.24, 2.45) is 0 Å². The number of rotatable bonds is 8. The summed E-state index contributed by atoms with van der Waals surface area (Å²) in [6.45, 7) is -0.462. The Hall–Kier alpha value is -4.64. The number of aryl methyl sites for hydroxylation is 1. The molecule has 3 aromatic carbocycles. The molecule has 5 aromatic rings. The van der Waals surface area contributed by atoms with Gasteiger partial charge in [-0.1, -0.05) is 36.4 Å². The van der Waals surface area contributed by atoms with Crippen molar-refractivity contribution in [3.05, 3.63) is 113 Å². The second-order valence-corrected chi connectivity index (χ2v) is 8.41. The smallest absolute Gasteiger partial charge is 0.214 e. The Balaban J connectivity index is 1.34. The molecule has 0 saturated heterocycles. The highest BCUT2D eigenvalue weighted by Gasteiger charge is 2.14. The number of aromatic nitrogens is 3. The average molecular weight is 499 g/mol. The maximum atomic E-state index is 15.1. The number of pyridine rings is 1. The van der Waals surface area contributed by atoms with Crippen LogP contribution >= 0.6 is 0 Å². The zero-order valence-corrected chi connectivity index (χ0v) is 19.7. The van der Waals surface area contributed by atoms with Gasteiger partial charge in [0.2, 0.25) is 5.88 Å². The summed E-state index contributed by atoms with van der Waals surface area (Å²) in [5, 5.41) is 8.87. The molecule has 0 bridgehead atoms. The molecule has 0 aliphatic rings. The van der Waals surface area contributed by atoms with Crippen LogP contribution in [0.3, 0.4) is 0 Å². The van der Waals surface area contributed by atoms with E-state index in [2.05, 4.69) is 9.97 Å². The fourth-order valence-electron chi connectivity index (χ4n) is 4.16. The van der Waals surface area contributed by atoms with E-state index in [0.717, 1.165) is 17.1 Å². The number of imidazole rings is 1. The van der Waals surface area contributed by atoms with E-state index < -0.39 is 18.3 Å². The standard InChI is InChI=1S/C29H21F3N4O/c30-12-13-36-27-6-2-1-4-26(27)34-28(36)16-20-10-11-21(15-24(20)32)25-5-3-7-29(35-25)37-18-22-9-8-19(17-33)14-23(22)31/h1-11,14-15H,12-13,16,18H2. The van der Waals surface area contributed by atoms with Crippen molar-refractivity contribution < 1.29 is 17.9 Å². The Morgan fingerprint density at radius 3 is 2.46 bits per heavy atom. The molecule has 0 N–H and O–H groups in total. The number of hydrogen-bond donors (Lipinski definition) is 0. The predicted octanol–water partition coefficient (Wildman–Crippen LogP) is 6.39. The third-order valence-corrected chi connectivity index (χ3v) is 6.02. The van der Waals surface area contributed by atoms with Gasteiger partial charge in [0.05, 0.1) is 34.9 Å². The summed E-state index contributed by atoms with van der Waals surface area (Å²) in [6, 6.07) is 23.4. The predicted molar refractivity (Wildman–Crippen MR) is 134 cm³/mol. The zero-order chi connectivity index (χ0) is 25.8. The minimum atomic E-state index is -0.545. The topological polar surface area (TPSA) is 63.7 Å². The van der Waals surface area contributed by atoms with Crippen LogP contribution in [-0.4, -0.2) is 21.2 Å². The molecule has 0 saturated carbocycles. The molecule has 0 spiro atoms. The molecule has 0 radical (unpaired) electrons. The first-order chi connectivity index (χ1) is 18.1. The van der Waals surface area contributed by atoms with Crippen LogP contribution in [0.4, 0.5) is 13.2 Å². The molecular formula is C29H21F3N4O. The summed E-state index contributed by atoms with van der Waals surface area (Å²) >= 11 is 0. The maximum Gasteiger partial charge on any atom is 0.214 e. The van der Waals surface area contributed by atoms with Crippen LogP contribution in [0.5, 0.6) is 5.88 Å². The van der Waals surface area contributed by atoms with Gasteiger partial charge < -0.3 is 9.30 Å². The van der Waals surface area contributed by atoms with E-state index in [9.17, 15) is 8.78 Å².